The summed E-state index contributed by atoms with van der Waals surface area (Å²) < 4.78 is 28.7. The van der Waals surface area contributed by atoms with E-state index in [1.54, 1.807) is 61.5 Å². The highest BCUT2D eigenvalue weighted by atomic mass is 35.5. The van der Waals surface area contributed by atoms with Gasteiger partial charge in [-0.15, -0.1) is 0 Å². The second-order valence-electron chi connectivity index (χ2n) is 9.21. The SMILES string of the molecule is CCCNC(=O)[C@@H](C)N(Cc1ccc(Cl)cc1)C(=O)CN(c1ccc(C)c(C)c1)S(=O)(=O)c1ccccc1. The molecule has 0 aliphatic carbocycles. The molecule has 0 aromatic heterocycles. The van der Waals surface area contributed by atoms with Gasteiger partial charge in [-0.3, -0.25) is 13.9 Å². The van der Waals surface area contributed by atoms with Gasteiger partial charge in [0.2, 0.25) is 11.8 Å². The fourth-order valence-corrected chi connectivity index (χ4v) is 5.45. The third-order valence-corrected chi connectivity index (χ3v) is 8.41. The van der Waals surface area contributed by atoms with Crippen molar-refractivity contribution < 1.29 is 18.0 Å². The highest BCUT2D eigenvalue weighted by molar-refractivity contribution is 7.92. The molecular formula is C29H34ClN3O4S. The van der Waals surface area contributed by atoms with Crippen LogP contribution >= 0.6 is 11.6 Å². The third kappa shape index (κ3) is 7.14. The Labute approximate surface area is 230 Å². The summed E-state index contributed by atoms with van der Waals surface area (Å²) in [6, 6.07) is 19.4. The third-order valence-electron chi connectivity index (χ3n) is 6.37. The topological polar surface area (TPSA) is 86.8 Å². The number of carbonyl (C=O) groups excluding carboxylic acids is 2. The van der Waals surface area contributed by atoms with E-state index < -0.39 is 28.5 Å². The number of halogens is 1. The molecule has 9 heteroatoms. The van der Waals surface area contributed by atoms with E-state index in [-0.39, 0.29) is 17.3 Å². The number of nitrogens with one attached hydrogen (secondary N) is 1. The summed E-state index contributed by atoms with van der Waals surface area (Å²) in [6.07, 6.45) is 0.749. The number of amides is 2. The zero-order valence-corrected chi connectivity index (χ0v) is 23.7. The number of hydrogen-bond donors (Lipinski definition) is 1. The second kappa shape index (κ2) is 12.9. The molecule has 0 aliphatic heterocycles. The molecule has 0 heterocycles. The summed E-state index contributed by atoms with van der Waals surface area (Å²) >= 11 is 6.03. The maximum Gasteiger partial charge on any atom is 0.264 e. The molecular weight excluding hydrogens is 522 g/mol. The lowest BCUT2D eigenvalue weighted by Gasteiger charge is -2.32. The van der Waals surface area contributed by atoms with Crippen molar-refractivity contribution in [1.29, 1.82) is 0 Å². The van der Waals surface area contributed by atoms with Gasteiger partial charge in [-0.25, -0.2) is 8.42 Å². The minimum absolute atomic E-state index is 0.0732. The zero-order valence-electron chi connectivity index (χ0n) is 22.1. The van der Waals surface area contributed by atoms with E-state index in [2.05, 4.69) is 5.32 Å². The molecule has 0 unspecified atom stereocenters. The van der Waals surface area contributed by atoms with Gasteiger partial charge in [0.1, 0.15) is 12.6 Å². The molecule has 0 saturated heterocycles. The monoisotopic (exact) mass is 555 g/mol. The molecule has 202 valence electrons. The van der Waals surface area contributed by atoms with Crippen molar-refractivity contribution in [3.05, 3.63) is 94.5 Å². The number of sulfonamides is 1. The Kier molecular flexibility index (Phi) is 9.94. The van der Waals surface area contributed by atoms with Gasteiger partial charge in [-0.2, -0.15) is 0 Å². The van der Waals surface area contributed by atoms with Gasteiger partial charge in [0.05, 0.1) is 10.6 Å². The molecule has 0 radical (unpaired) electrons. The lowest BCUT2D eigenvalue weighted by Crippen LogP contribution is -2.51. The van der Waals surface area contributed by atoms with Crippen LogP contribution in [0.4, 0.5) is 5.69 Å². The van der Waals surface area contributed by atoms with Crippen molar-refractivity contribution in [1.82, 2.24) is 10.2 Å². The number of anilines is 1. The van der Waals surface area contributed by atoms with Crippen LogP contribution in [0.25, 0.3) is 0 Å². The first-order valence-corrected chi connectivity index (χ1v) is 14.3. The average Bonchev–Trinajstić information content (AvgIpc) is 2.91. The van der Waals surface area contributed by atoms with Crippen LogP contribution in [-0.2, 0) is 26.2 Å². The molecule has 0 saturated carbocycles. The number of hydrogen-bond acceptors (Lipinski definition) is 4. The van der Waals surface area contributed by atoms with Gasteiger partial charge in [0, 0.05) is 18.1 Å². The van der Waals surface area contributed by atoms with Gasteiger partial charge in [0.25, 0.3) is 10.0 Å². The van der Waals surface area contributed by atoms with Crippen LogP contribution in [0.2, 0.25) is 5.02 Å². The predicted octanol–water partition coefficient (Wildman–Crippen LogP) is 5.10. The maximum atomic E-state index is 13.9. The molecule has 0 bridgehead atoms. The number of nitrogens with zero attached hydrogens (tertiary/aromatic N) is 2. The molecule has 1 atom stereocenters. The Morgan fingerprint density at radius 3 is 2.21 bits per heavy atom. The minimum atomic E-state index is -4.08. The summed E-state index contributed by atoms with van der Waals surface area (Å²) in [6.45, 7) is 7.53. The normalized spacial score (nSPS) is 12.0. The van der Waals surface area contributed by atoms with Gasteiger partial charge in [-0.05, 0) is 80.3 Å². The summed E-state index contributed by atoms with van der Waals surface area (Å²) in [5.41, 5.74) is 3.04. The molecule has 2 amide bonds. The summed E-state index contributed by atoms with van der Waals surface area (Å²) in [5, 5.41) is 3.38. The molecule has 0 fully saturated rings. The number of benzene rings is 3. The van der Waals surface area contributed by atoms with E-state index in [0.29, 0.717) is 17.3 Å². The summed E-state index contributed by atoms with van der Waals surface area (Å²) in [7, 11) is -4.08. The summed E-state index contributed by atoms with van der Waals surface area (Å²) in [5.74, 6) is -0.811. The van der Waals surface area contributed by atoms with Crippen molar-refractivity contribution in [2.45, 2.75) is 51.6 Å². The standard InChI is InChI=1S/C29H34ClN3O4S/c1-5-17-31-29(35)23(4)32(19-24-12-14-25(30)15-13-24)28(34)20-33(26-16-11-21(2)22(3)18-26)38(36,37)27-9-7-6-8-10-27/h6-16,18,23H,5,17,19-20H2,1-4H3,(H,31,35)/t23-/m1/s1. The van der Waals surface area contributed by atoms with E-state index >= 15 is 0 Å². The Hall–Kier alpha value is -3.36. The maximum absolute atomic E-state index is 13.9. The highest BCUT2D eigenvalue weighted by Crippen LogP contribution is 2.26. The molecule has 0 spiro atoms. The Balaban J connectivity index is 2.02. The van der Waals surface area contributed by atoms with E-state index in [9.17, 15) is 18.0 Å². The number of carbonyl (C=O) groups is 2. The van der Waals surface area contributed by atoms with Crippen molar-refractivity contribution in [2.24, 2.45) is 0 Å². The van der Waals surface area contributed by atoms with E-state index in [1.807, 2.05) is 26.8 Å². The van der Waals surface area contributed by atoms with E-state index in [4.69, 9.17) is 11.6 Å². The van der Waals surface area contributed by atoms with Crippen molar-refractivity contribution in [3.63, 3.8) is 0 Å². The van der Waals surface area contributed by atoms with Gasteiger partial charge in [0.15, 0.2) is 0 Å². The largest absolute Gasteiger partial charge is 0.354 e. The fraction of sp³-hybridized carbons (Fsp3) is 0.310. The average molecular weight is 556 g/mol. The predicted molar refractivity (Wildman–Crippen MR) is 152 cm³/mol. The Morgan fingerprint density at radius 2 is 1.61 bits per heavy atom. The first-order valence-electron chi connectivity index (χ1n) is 12.5. The molecule has 7 nitrogen and oxygen atoms in total. The van der Waals surface area contributed by atoms with Crippen LogP contribution < -0.4 is 9.62 Å². The van der Waals surface area contributed by atoms with Gasteiger partial charge < -0.3 is 10.2 Å². The molecule has 3 rings (SSSR count). The van der Waals surface area contributed by atoms with Crippen LogP contribution in [0, 0.1) is 13.8 Å². The van der Waals surface area contributed by atoms with Crippen molar-refractivity contribution >= 4 is 39.1 Å². The van der Waals surface area contributed by atoms with E-state index in [0.717, 1.165) is 27.4 Å². The zero-order chi connectivity index (χ0) is 27.9. The Bertz CT molecular complexity index is 1360. The minimum Gasteiger partial charge on any atom is -0.354 e. The number of rotatable bonds is 11. The van der Waals surface area contributed by atoms with Crippen LogP contribution in [-0.4, -0.2) is 44.3 Å². The van der Waals surface area contributed by atoms with Crippen molar-refractivity contribution in [2.75, 3.05) is 17.4 Å². The quantitative estimate of drug-likeness (QED) is 0.357. The molecule has 3 aromatic carbocycles. The molecule has 38 heavy (non-hydrogen) atoms. The lowest BCUT2D eigenvalue weighted by atomic mass is 10.1. The summed E-state index contributed by atoms with van der Waals surface area (Å²) in [4.78, 5) is 28.2. The fourth-order valence-electron chi connectivity index (χ4n) is 3.89. The van der Waals surface area contributed by atoms with Crippen LogP contribution in [0.3, 0.4) is 0 Å². The molecule has 0 aliphatic rings. The highest BCUT2D eigenvalue weighted by Gasteiger charge is 2.32. The second-order valence-corrected chi connectivity index (χ2v) is 11.5. The first kappa shape index (κ1) is 29.2. The van der Waals surface area contributed by atoms with Crippen molar-refractivity contribution in [3.8, 4) is 0 Å². The first-order chi connectivity index (χ1) is 18.0. The molecule has 3 aromatic rings. The Morgan fingerprint density at radius 1 is 0.947 bits per heavy atom. The van der Waals surface area contributed by atoms with Crippen LogP contribution in [0.1, 0.15) is 37.0 Å². The lowest BCUT2D eigenvalue weighted by molar-refractivity contribution is -0.139. The van der Waals surface area contributed by atoms with Gasteiger partial charge >= 0.3 is 0 Å². The van der Waals surface area contributed by atoms with E-state index in [1.165, 1.54) is 17.0 Å². The van der Waals surface area contributed by atoms with Gasteiger partial charge in [-0.1, -0.05) is 54.9 Å². The smallest absolute Gasteiger partial charge is 0.264 e. The van der Waals surface area contributed by atoms with Crippen LogP contribution in [0.5, 0.6) is 0 Å². The molecule has 1 N–H and O–H groups in total. The van der Waals surface area contributed by atoms with Crippen LogP contribution in [0.15, 0.2) is 77.7 Å². The number of aryl methyl sites for hydroxylation is 2.